The van der Waals surface area contributed by atoms with Gasteiger partial charge in [-0.3, -0.25) is 10.1 Å². The van der Waals surface area contributed by atoms with E-state index in [0.29, 0.717) is 6.07 Å². The second-order valence-corrected chi connectivity index (χ2v) is 6.96. The molecule has 1 saturated heterocycles. The molecule has 0 aromatic heterocycles. The monoisotopic (exact) mass is 388 g/mol. The van der Waals surface area contributed by atoms with Gasteiger partial charge in [-0.2, -0.15) is 25.9 Å². The number of nitro groups is 1. The summed E-state index contributed by atoms with van der Waals surface area (Å²) < 4.78 is 62.0. The lowest BCUT2D eigenvalue weighted by molar-refractivity contribution is -0.384. The molecule has 0 aliphatic carbocycles. The topological polar surface area (TPSA) is 110 Å². The van der Waals surface area contributed by atoms with Crippen LogP contribution in [0.5, 0.6) is 0 Å². The maximum absolute atomic E-state index is 12.8. The van der Waals surface area contributed by atoms with Gasteiger partial charge in [0.05, 0.1) is 15.5 Å². The molecule has 13 heteroatoms. The minimum atomic E-state index is -4.83. The van der Waals surface area contributed by atoms with Gasteiger partial charge >= 0.3 is 6.18 Å². The van der Waals surface area contributed by atoms with Crippen LogP contribution in [0.1, 0.15) is 5.56 Å². The van der Waals surface area contributed by atoms with Crippen molar-refractivity contribution in [2.45, 2.75) is 6.18 Å². The minimum Gasteiger partial charge on any atom is -0.363 e. The lowest BCUT2D eigenvalue weighted by Crippen LogP contribution is -2.50. The Kier molecular flexibility index (Phi) is 4.95. The van der Waals surface area contributed by atoms with E-state index in [1.165, 1.54) is 4.90 Å². The summed E-state index contributed by atoms with van der Waals surface area (Å²) in [6.45, 7) is -0.0405. The third kappa shape index (κ3) is 3.88. The van der Waals surface area contributed by atoms with Crippen molar-refractivity contribution < 1.29 is 26.5 Å². The van der Waals surface area contributed by atoms with Crippen LogP contribution in [0, 0.1) is 10.1 Å². The number of alkyl halides is 3. The molecule has 1 heterocycles. The molecule has 0 atom stereocenters. The van der Waals surface area contributed by atoms with E-state index >= 15 is 0 Å². The highest BCUT2D eigenvalue weighted by Crippen LogP contribution is 2.41. The standard InChI is InChI=1S/C11H12ClF3N4O4S/c12-8-6-9(10(19(20)21)5-7(8)11(13,14)15)17-1-3-18(4-2-17)24(16,22)23/h5-6H,1-4H2,(H2,16,22,23). The van der Waals surface area contributed by atoms with Gasteiger partial charge in [0.25, 0.3) is 15.9 Å². The Hall–Kier alpha value is -1.63. The first-order valence-corrected chi connectivity index (χ1v) is 8.37. The molecule has 0 saturated carbocycles. The van der Waals surface area contributed by atoms with Crippen LogP contribution in [-0.2, 0) is 16.4 Å². The predicted octanol–water partition coefficient (Wildman–Crippen LogP) is 1.59. The van der Waals surface area contributed by atoms with E-state index in [0.717, 1.165) is 10.4 Å². The van der Waals surface area contributed by atoms with Gasteiger partial charge in [-0.1, -0.05) is 11.6 Å². The summed E-state index contributed by atoms with van der Waals surface area (Å²) in [4.78, 5) is 11.6. The molecule has 1 aromatic rings. The maximum Gasteiger partial charge on any atom is 0.418 e. The number of nitrogens with zero attached hydrogens (tertiary/aromatic N) is 3. The van der Waals surface area contributed by atoms with Gasteiger partial charge < -0.3 is 4.90 Å². The Balaban J connectivity index is 2.38. The molecular formula is C11H12ClF3N4O4S. The highest BCUT2D eigenvalue weighted by molar-refractivity contribution is 7.86. The van der Waals surface area contributed by atoms with Crippen molar-refractivity contribution in [2.75, 3.05) is 31.1 Å². The summed E-state index contributed by atoms with van der Waals surface area (Å²) in [6, 6.07) is 1.25. The number of nitro benzene ring substituents is 1. The van der Waals surface area contributed by atoms with E-state index in [1.54, 1.807) is 0 Å². The number of piperazine rings is 1. The van der Waals surface area contributed by atoms with Gasteiger partial charge in [0, 0.05) is 32.2 Å². The Bertz CT molecular complexity index is 763. The molecular weight excluding hydrogens is 377 g/mol. The van der Waals surface area contributed by atoms with Crippen LogP contribution in [-0.4, -0.2) is 43.8 Å². The average Bonchev–Trinajstić information content (AvgIpc) is 2.44. The number of rotatable bonds is 3. The normalized spacial score (nSPS) is 17.1. The highest BCUT2D eigenvalue weighted by atomic mass is 35.5. The third-order valence-electron chi connectivity index (χ3n) is 3.51. The molecule has 1 aliphatic rings. The molecule has 8 nitrogen and oxygen atoms in total. The lowest BCUT2D eigenvalue weighted by atomic mass is 10.1. The molecule has 134 valence electrons. The number of hydrogen-bond acceptors (Lipinski definition) is 5. The molecule has 1 fully saturated rings. The summed E-state index contributed by atoms with van der Waals surface area (Å²) >= 11 is 5.62. The average molecular weight is 389 g/mol. The molecule has 0 bridgehead atoms. The molecule has 2 N–H and O–H groups in total. The molecule has 1 aliphatic heterocycles. The SMILES string of the molecule is NS(=O)(=O)N1CCN(c2cc(Cl)c(C(F)(F)F)cc2[N+](=O)[O-])CC1. The largest absolute Gasteiger partial charge is 0.418 e. The molecule has 2 rings (SSSR count). The zero-order valence-corrected chi connectivity index (χ0v) is 13.5. The van der Waals surface area contributed by atoms with Crippen molar-refractivity contribution in [1.29, 1.82) is 0 Å². The fourth-order valence-corrected chi connectivity index (χ4v) is 3.29. The number of benzene rings is 1. The second kappa shape index (κ2) is 6.35. The van der Waals surface area contributed by atoms with E-state index < -0.39 is 37.6 Å². The summed E-state index contributed by atoms with van der Waals surface area (Å²) in [6.07, 6.45) is -4.83. The molecule has 0 spiro atoms. The summed E-state index contributed by atoms with van der Waals surface area (Å²) in [5.41, 5.74) is -2.16. The van der Waals surface area contributed by atoms with Gasteiger partial charge in [0.1, 0.15) is 5.69 Å². The summed E-state index contributed by atoms with van der Waals surface area (Å²) in [7, 11) is -3.89. The Morgan fingerprint density at radius 1 is 1.21 bits per heavy atom. The lowest BCUT2D eigenvalue weighted by Gasteiger charge is -2.34. The molecule has 0 radical (unpaired) electrons. The van der Waals surface area contributed by atoms with E-state index in [1.807, 2.05) is 0 Å². The van der Waals surface area contributed by atoms with Crippen LogP contribution in [0.4, 0.5) is 24.5 Å². The molecule has 0 unspecified atom stereocenters. The van der Waals surface area contributed by atoms with Crippen LogP contribution in [0.25, 0.3) is 0 Å². The smallest absolute Gasteiger partial charge is 0.363 e. The van der Waals surface area contributed by atoms with E-state index in [-0.39, 0.29) is 31.9 Å². The van der Waals surface area contributed by atoms with E-state index in [2.05, 4.69) is 0 Å². The molecule has 0 amide bonds. The van der Waals surface area contributed by atoms with Crippen molar-refractivity contribution in [3.8, 4) is 0 Å². The molecule has 24 heavy (non-hydrogen) atoms. The summed E-state index contributed by atoms with van der Waals surface area (Å²) in [5, 5.41) is 15.4. The number of halogens is 4. The first-order chi connectivity index (χ1) is 10.9. The van der Waals surface area contributed by atoms with Crippen LogP contribution in [0.2, 0.25) is 5.02 Å². The van der Waals surface area contributed by atoms with Gasteiger partial charge in [-0.05, 0) is 6.07 Å². The zero-order valence-electron chi connectivity index (χ0n) is 12.0. The minimum absolute atomic E-state index is 0.0267. The van der Waals surface area contributed by atoms with Gasteiger partial charge in [-0.15, -0.1) is 0 Å². The second-order valence-electron chi connectivity index (χ2n) is 5.01. The van der Waals surface area contributed by atoms with Gasteiger partial charge in [0.2, 0.25) is 0 Å². The Labute approximate surface area is 139 Å². The highest BCUT2D eigenvalue weighted by Gasteiger charge is 2.37. The third-order valence-corrected chi connectivity index (χ3v) is 4.90. The Morgan fingerprint density at radius 3 is 2.17 bits per heavy atom. The fraction of sp³-hybridized carbons (Fsp3) is 0.455. The van der Waals surface area contributed by atoms with Crippen molar-refractivity contribution >= 4 is 33.2 Å². The van der Waals surface area contributed by atoms with Crippen LogP contribution in [0.3, 0.4) is 0 Å². The van der Waals surface area contributed by atoms with Crippen LogP contribution < -0.4 is 10.0 Å². The van der Waals surface area contributed by atoms with Gasteiger partial charge in [-0.25, -0.2) is 5.14 Å². The van der Waals surface area contributed by atoms with Crippen molar-refractivity contribution in [3.05, 3.63) is 32.8 Å². The van der Waals surface area contributed by atoms with Crippen LogP contribution >= 0.6 is 11.6 Å². The van der Waals surface area contributed by atoms with Gasteiger partial charge in [0.15, 0.2) is 0 Å². The number of nitrogens with two attached hydrogens (primary N) is 1. The van der Waals surface area contributed by atoms with Crippen molar-refractivity contribution in [1.82, 2.24) is 4.31 Å². The first kappa shape index (κ1) is 18.7. The van der Waals surface area contributed by atoms with Crippen LogP contribution in [0.15, 0.2) is 12.1 Å². The first-order valence-electron chi connectivity index (χ1n) is 6.49. The number of hydrogen-bond donors (Lipinski definition) is 1. The number of anilines is 1. The predicted molar refractivity (Wildman–Crippen MR) is 80.0 cm³/mol. The fourth-order valence-electron chi connectivity index (χ4n) is 2.35. The van der Waals surface area contributed by atoms with E-state index in [4.69, 9.17) is 16.7 Å². The quantitative estimate of drug-likeness (QED) is 0.624. The van der Waals surface area contributed by atoms with Crippen molar-refractivity contribution in [3.63, 3.8) is 0 Å². The van der Waals surface area contributed by atoms with E-state index in [9.17, 15) is 31.7 Å². The Morgan fingerprint density at radius 2 is 1.75 bits per heavy atom. The zero-order chi connectivity index (χ0) is 18.3. The van der Waals surface area contributed by atoms with Crippen molar-refractivity contribution in [2.24, 2.45) is 5.14 Å². The summed E-state index contributed by atoms with van der Waals surface area (Å²) in [5.74, 6) is 0. The molecule has 1 aromatic carbocycles. The maximum atomic E-state index is 12.8.